The van der Waals surface area contributed by atoms with Crippen LogP contribution < -0.4 is 5.32 Å². The second kappa shape index (κ2) is 7.05. The lowest BCUT2D eigenvalue weighted by molar-refractivity contribution is 0.0498. The maximum absolute atomic E-state index is 3.60. The molecule has 2 aliphatic rings. The fraction of sp³-hybridized carbons (Fsp3) is 1.00. The number of piperazine rings is 1. The van der Waals surface area contributed by atoms with E-state index in [9.17, 15) is 0 Å². The van der Waals surface area contributed by atoms with Crippen LogP contribution in [0.2, 0.25) is 0 Å². The molecule has 0 aromatic rings. The van der Waals surface area contributed by atoms with Crippen LogP contribution in [0.5, 0.6) is 0 Å². The van der Waals surface area contributed by atoms with Gasteiger partial charge in [0.05, 0.1) is 0 Å². The van der Waals surface area contributed by atoms with E-state index in [1.54, 1.807) is 0 Å². The number of hydrogen-bond acceptors (Lipinski definition) is 3. The molecule has 0 saturated carbocycles. The van der Waals surface area contributed by atoms with Crippen molar-refractivity contribution in [1.82, 2.24) is 15.1 Å². The van der Waals surface area contributed by atoms with Crippen LogP contribution in [0.15, 0.2) is 0 Å². The Morgan fingerprint density at radius 1 is 1.16 bits per heavy atom. The van der Waals surface area contributed by atoms with Crippen molar-refractivity contribution in [2.24, 2.45) is 11.8 Å². The van der Waals surface area contributed by atoms with Gasteiger partial charge in [-0.1, -0.05) is 20.8 Å². The van der Waals surface area contributed by atoms with Gasteiger partial charge in [0.25, 0.3) is 0 Å². The number of hydrogen-bond donors (Lipinski definition) is 1. The van der Waals surface area contributed by atoms with E-state index in [4.69, 9.17) is 0 Å². The molecule has 19 heavy (non-hydrogen) atoms. The summed E-state index contributed by atoms with van der Waals surface area (Å²) >= 11 is 0. The molecule has 112 valence electrons. The Kier molecular flexibility index (Phi) is 5.67. The van der Waals surface area contributed by atoms with Gasteiger partial charge in [0.2, 0.25) is 0 Å². The average Bonchev–Trinajstić information content (AvgIpc) is 2.76. The Bertz CT molecular complexity index is 267. The molecular weight excluding hydrogens is 234 g/mol. The largest absolute Gasteiger partial charge is 0.316 e. The van der Waals surface area contributed by atoms with Crippen LogP contribution in [0.3, 0.4) is 0 Å². The Morgan fingerprint density at radius 2 is 1.95 bits per heavy atom. The van der Waals surface area contributed by atoms with Crippen LogP contribution in [0.25, 0.3) is 0 Å². The van der Waals surface area contributed by atoms with Gasteiger partial charge >= 0.3 is 0 Å². The molecule has 2 aliphatic heterocycles. The van der Waals surface area contributed by atoms with Crippen LogP contribution in [0.4, 0.5) is 0 Å². The molecule has 0 aromatic heterocycles. The molecule has 0 spiro atoms. The normalized spacial score (nSPS) is 30.8. The van der Waals surface area contributed by atoms with E-state index >= 15 is 0 Å². The minimum Gasteiger partial charge on any atom is -0.316 e. The standard InChI is InChI=1S/C16H33N3/c1-13(2)8-17-9-14(3)10-19-12-16-6-5-7-18(16)11-15(19)4/h13-17H,5-12H2,1-4H3. The SMILES string of the molecule is CC(C)CNCC(C)CN1CC2CCCN2CC1C. The Hall–Kier alpha value is -0.120. The van der Waals surface area contributed by atoms with Crippen molar-refractivity contribution < 1.29 is 0 Å². The predicted octanol–water partition coefficient (Wildman–Crippen LogP) is 2.04. The lowest BCUT2D eigenvalue weighted by atomic mass is 10.0. The van der Waals surface area contributed by atoms with Crippen molar-refractivity contribution in [2.45, 2.75) is 52.6 Å². The molecule has 1 N–H and O–H groups in total. The van der Waals surface area contributed by atoms with Crippen molar-refractivity contribution in [2.75, 3.05) is 39.3 Å². The maximum Gasteiger partial charge on any atom is 0.0224 e. The Balaban J connectivity index is 1.72. The quantitative estimate of drug-likeness (QED) is 0.794. The molecule has 0 aliphatic carbocycles. The Labute approximate surface area is 119 Å². The van der Waals surface area contributed by atoms with Gasteiger partial charge in [-0.2, -0.15) is 0 Å². The van der Waals surface area contributed by atoms with E-state index in [-0.39, 0.29) is 0 Å². The van der Waals surface area contributed by atoms with Crippen LogP contribution in [0.1, 0.15) is 40.5 Å². The second-order valence-corrected chi connectivity index (χ2v) is 7.25. The summed E-state index contributed by atoms with van der Waals surface area (Å²) in [6.45, 7) is 16.9. The van der Waals surface area contributed by atoms with E-state index in [2.05, 4.69) is 42.8 Å². The summed E-state index contributed by atoms with van der Waals surface area (Å²) in [5, 5.41) is 3.60. The summed E-state index contributed by atoms with van der Waals surface area (Å²) in [6.07, 6.45) is 2.83. The fourth-order valence-electron chi connectivity index (χ4n) is 3.59. The minimum absolute atomic E-state index is 0.738. The van der Waals surface area contributed by atoms with E-state index in [0.717, 1.165) is 37.0 Å². The highest BCUT2D eigenvalue weighted by Gasteiger charge is 2.34. The monoisotopic (exact) mass is 267 g/mol. The van der Waals surface area contributed by atoms with Crippen LogP contribution in [-0.2, 0) is 0 Å². The van der Waals surface area contributed by atoms with E-state index in [0.29, 0.717) is 0 Å². The Morgan fingerprint density at radius 3 is 2.68 bits per heavy atom. The highest BCUT2D eigenvalue weighted by Crippen LogP contribution is 2.24. The molecule has 2 fully saturated rings. The zero-order valence-corrected chi connectivity index (χ0v) is 13.4. The van der Waals surface area contributed by atoms with Gasteiger partial charge in [-0.15, -0.1) is 0 Å². The molecule has 2 rings (SSSR count). The average molecular weight is 267 g/mol. The molecule has 3 heteroatoms. The summed E-state index contributed by atoms with van der Waals surface area (Å²) in [7, 11) is 0. The van der Waals surface area contributed by atoms with Crippen molar-refractivity contribution in [3.05, 3.63) is 0 Å². The van der Waals surface area contributed by atoms with Gasteiger partial charge in [-0.25, -0.2) is 0 Å². The number of fused-ring (bicyclic) bond motifs is 1. The first-order valence-corrected chi connectivity index (χ1v) is 8.25. The molecule has 0 bridgehead atoms. The molecule has 0 radical (unpaired) electrons. The molecule has 2 heterocycles. The third kappa shape index (κ3) is 4.44. The molecule has 0 amide bonds. The van der Waals surface area contributed by atoms with Gasteiger partial charge in [-0.05, 0) is 51.2 Å². The maximum atomic E-state index is 3.60. The van der Waals surface area contributed by atoms with E-state index in [1.165, 1.54) is 39.0 Å². The van der Waals surface area contributed by atoms with Gasteiger partial charge in [-0.3, -0.25) is 9.80 Å². The first-order chi connectivity index (χ1) is 9.06. The molecule has 0 aromatic carbocycles. The lowest BCUT2D eigenvalue weighted by Crippen LogP contribution is -2.56. The third-order valence-corrected chi connectivity index (χ3v) is 4.66. The zero-order chi connectivity index (χ0) is 13.8. The number of nitrogens with one attached hydrogen (secondary N) is 1. The van der Waals surface area contributed by atoms with Crippen LogP contribution in [0, 0.1) is 11.8 Å². The van der Waals surface area contributed by atoms with Gasteiger partial charge in [0.1, 0.15) is 0 Å². The van der Waals surface area contributed by atoms with E-state index in [1.807, 2.05) is 0 Å². The van der Waals surface area contributed by atoms with Crippen molar-refractivity contribution >= 4 is 0 Å². The summed E-state index contributed by atoms with van der Waals surface area (Å²) < 4.78 is 0. The van der Waals surface area contributed by atoms with Gasteiger partial charge < -0.3 is 5.32 Å². The molecular formula is C16H33N3. The predicted molar refractivity (Wildman–Crippen MR) is 82.5 cm³/mol. The summed E-state index contributed by atoms with van der Waals surface area (Å²) in [5.41, 5.74) is 0. The molecule has 3 atom stereocenters. The third-order valence-electron chi connectivity index (χ3n) is 4.66. The second-order valence-electron chi connectivity index (χ2n) is 7.25. The molecule has 2 saturated heterocycles. The summed E-state index contributed by atoms with van der Waals surface area (Å²) in [5.74, 6) is 1.52. The number of nitrogens with zero attached hydrogens (tertiary/aromatic N) is 2. The molecule has 3 nitrogen and oxygen atoms in total. The summed E-state index contributed by atoms with van der Waals surface area (Å²) in [4.78, 5) is 5.44. The zero-order valence-electron chi connectivity index (χ0n) is 13.4. The fourth-order valence-corrected chi connectivity index (χ4v) is 3.59. The van der Waals surface area contributed by atoms with Crippen molar-refractivity contribution in [3.63, 3.8) is 0 Å². The smallest absolute Gasteiger partial charge is 0.0224 e. The first kappa shape index (κ1) is 15.3. The summed E-state index contributed by atoms with van der Waals surface area (Å²) in [6, 6.07) is 1.59. The topological polar surface area (TPSA) is 18.5 Å². The highest BCUT2D eigenvalue weighted by molar-refractivity contribution is 4.91. The van der Waals surface area contributed by atoms with Gasteiger partial charge in [0, 0.05) is 31.7 Å². The van der Waals surface area contributed by atoms with Gasteiger partial charge in [0.15, 0.2) is 0 Å². The van der Waals surface area contributed by atoms with Crippen LogP contribution in [-0.4, -0.2) is 61.2 Å². The van der Waals surface area contributed by atoms with Crippen LogP contribution >= 0.6 is 0 Å². The highest BCUT2D eigenvalue weighted by atomic mass is 15.3. The first-order valence-electron chi connectivity index (χ1n) is 8.25. The lowest BCUT2D eigenvalue weighted by Gasteiger charge is -2.43. The van der Waals surface area contributed by atoms with Crippen molar-refractivity contribution in [3.8, 4) is 0 Å². The van der Waals surface area contributed by atoms with Crippen molar-refractivity contribution in [1.29, 1.82) is 0 Å². The number of rotatable bonds is 6. The minimum atomic E-state index is 0.738. The molecule has 3 unspecified atom stereocenters. The van der Waals surface area contributed by atoms with E-state index < -0.39 is 0 Å².